The van der Waals surface area contributed by atoms with Crippen LogP contribution < -0.4 is 10.6 Å². The van der Waals surface area contributed by atoms with E-state index in [9.17, 15) is 9.18 Å². The normalized spacial score (nSPS) is 10.4. The highest BCUT2D eigenvalue weighted by Gasteiger charge is 2.11. The minimum absolute atomic E-state index is 0.195. The van der Waals surface area contributed by atoms with Gasteiger partial charge in [-0.15, -0.1) is 0 Å². The number of rotatable bonds is 4. The van der Waals surface area contributed by atoms with E-state index in [1.807, 2.05) is 6.92 Å². The number of hydrogen-bond acceptors (Lipinski definition) is 4. The lowest BCUT2D eigenvalue weighted by Gasteiger charge is -2.10. The summed E-state index contributed by atoms with van der Waals surface area (Å²) in [6.45, 7) is 1.82. The Morgan fingerprint density at radius 3 is 2.44 bits per heavy atom. The molecule has 7 heteroatoms. The first-order valence-electron chi connectivity index (χ1n) is 7.44. The molecule has 1 heterocycles. The van der Waals surface area contributed by atoms with Crippen molar-refractivity contribution in [1.82, 2.24) is 9.97 Å². The molecule has 0 atom stereocenters. The Kier molecular flexibility index (Phi) is 4.90. The number of amides is 1. The summed E-state index contributed by atoms with van der Waals surface area (Å²) in [6, 6.07) is 11.4. The number of halogens is 2. The maximum Gasteiger partial charge on any atom is 0.258 e. The molecule has 0 aliphatic carbocycles. The lowest BCUT2D eigenvalue weighted by Crippen LogP contribution is -2.14. The van der Waals surface area contributed by atoms with Crippen molar-refractivity contribution < 1.29 is 9.18 Å². The van der Waals surface area contributed by atoms with Gasteiger partial charge in [0.1, 0.15) is 5.82 Å². The fraction of sp³-hybridized carbons (Fsp3) is 0.0556. The minimum Gasteiger partial charge on any atom is -0.322 e. The van der Waals surface area contributed by atoms with Crippen molar-refractivity contribution in [3.05, 3.63) is 76.8 Å². The Balaban J connectivity index is 1.72. The second-order valence-corrected chi connectivity index (χ2v) is 5.67. The van der Waals surface area contributed by atoms with Gasteiger partial charge in [-0.05, 0) is 36.8 Å². The third-order valence-electron chi connectivity index (χ3n) is 3.55. The van der Waals surface area contributed by atoms with Gasteiger partial charge in [0.05, 0.1) is 11.3 Å². The molecule has 0 aliphatic heterocycles. The van der Waals surface area contributed by atoms with E-state index >= 15 is 0 Å². The number of nitrogens with zero attached hydrogens (tertiary/aromatic N) is 2. The largest absolute Gasteiger partial charge is 0.322 e. The van der Waals surface area contributed by atoms with Crippen LogP contribution in [0.1, 0.15) is 15.9 Å². The minimum atomic E-state index is -0.413. The molecule has 0 radical (unpaired) electrons. The Labute approximate surface area is 148 Å². The highest BCUT2D eigenvalue weighted by atomic mass is 35.5. The predicted molar refractivity (Wildman–Crippen MR) is 95.9 cm³/mol. The van der Waals surface area contributed by atoms with E-state index in [1.54, 1.807) is 36.4 Å². The van der Waals surface area contributed by atoms with E-state index in [0.717, 1.165) is 5.56 Å². The molecule has 1 amide bonds. The van der Waals surface area contributed by atoms with E-state index in [2.05, 4.69) is 20.6 Å². The van der Waals surface area contributed by atoms with Crippen LogP contribution in [-0.4, -0.2) is 15.9 Å². The van der Waals surface area contributed by atoms with Gasteiger partial charge in [-0.2, -0.15) is 0 Å². The highest BCUT2D eigenvalue weighted by molar-refractivity contribution is 6.31. The third-order valence-corrected chi connectivity index (χ3v) is 3.96. The van der Waals surface area contributed by atoms with Crippen molar-refractivity contribution >= 4 is 34.8 Å². The first-order chi connectivity index (χ1) is 12.0. The molecular weight excluding hydrogens is 343 g/mol. The van der Waals surface area contributed by atoms with Crippen molar-refractivity contribution in [2.45, 2.75) is 6.92 Å². The second kappa shape index (κ2) is 7.27. The number of carbonyl (C=O) groups excluding carboxylic acids is 1. The van der Waals surface area contributed by atoms with Gasteiger partial charge in [0, 0.05) is 23.1 Å². The summed E-state index contributed by atoms with van der Waals surface area (Å²) >= 11 is 6.04. The molecule has 0 fully saturated rings. The Hall–Kier alpha value is -2.99. The molecule has 0 saturated heterocycles. The maximum atomic E-state index is 13.6. The monoisotopic (exact) mass is 356 g/mol. The molecular formula is C18H14ClFN4O. The molecule has 3 rings (SSSR count). The Morgan fingerprint density at radius 1 is 1.04 bits per heavy atom. The first-order valence-corrected chi connectivity index (χ1v) is 7.82. The van der Waals surface area contributed by atoms with Crippen molar-refractivity contribution in [1.29, 1.82) is 0 Å². The highest BCUT2D eigenvalue weighted by Crippen LogP contribution is 2.23. The van der Waals surface area contributed by atoms with E-state index in [-0.39, 0.29) is 23.1 Å². The number of hydrogen-bond donors (Lipinski definition) is 2. The van der Waals surface area contributed by atoms with E-state index in [4.69, 9.17) is 11.6 Å². The average molecular weight is 357 g/mol. The van der Waals surface area contributed by atoms with Crippen molar-refractivity contribution in [3.8, 4) is 0 Å². The average Bonchev–Trinajstić information content (AvgIpc) is 2.61. The Bertz CT molecular complexity index is 915. The number of nitrogens with one attached hydrogen (secondary N) is 2. The van der Waals surface area contributed by atoms with Crippen LogP contribution in [0.3, 0.4) is 0 Å². The van der Waals surface area contributed by atoms with Gasteiger partial charge < -0.3 is 10.6 Å². The summed E-state index contributed by atoms with van der Waals surface area (Å²) in [5.74, 6) is -0.576. The van der Waals surface area contributed by atoms with Crippen LogP contribution in [0.15, 0.2) is 54.9 Å². The van der Waals surface area contributed by atoms with Crippen LogP contribution in [0.2, 0.25) is 5.02 Å². The molecule has 126 valence electrons. The van der Waals surface area contributed by atoms with Crippen molar-refractivity contribution in [3.63, 3.8) is 0 Å². The summed E-state index contributed by atoms with van der Waals surface area (Å²) in [4.78, 5) is 20.4. The van der Waals surface area contributed by atoms with Gasteiger partial charge in [-0.25, -0.2) is 14.4 Å². The fourth-order valence-electron chi connectivity index (χ4n) is 2.13. The van der Waals surface area contributed by atoms with Crippen LogP contribution in [0.25, 0.3) is 0 Å². The van der Waals surface area contributed by atoms with E-state index in [1.165, 1.54) is 18.5 Å². The third kappa shape index (κ3) is 3.92. The molecule has 2 N–H and O–H groups in total. The molecule has 5 nitrogen and oxygen atoms in total. The number of benzene rings is 2. The summed E-state index contributed by atoms with van der Waals surface area (Å²) in [5.41, 5.74) is 1.93. The molecule has 0 bridgehead atoms. The second-order valence-electron chi connectivity index (χ2n) is 5.27. The van der Waals surface area contributed by atoms with Gasteiger partial charge in [0.2, 0.25) is 5.95 Å². The van der Waals surface area contributed by atoms with Crippen molar-refractivity contribution in [2.24, 2.45) is 0 Å². The topological polar surface area (TPSA) is 66.9 Å². The lowest BCUT2D eigenvalue weighted by atomic mass is 10.2. The summed E-state index contributed by atoms with van der Waals surface area (Å²) in [6.07, 6.45) is 2.73. The van der Waals surface area contributed by atoms with Gasteiger partial charge in [-0.1, -0.05) is 29.8 Å². The molecule has 2 aromatic carbocycles. The molecule has 3 aromatic rings. The SMILES string of the molecule is Cc1c(Cl)cccc1NC(=O)c1cnc(Nc2ccccc2F)nc1. The fourth-order valence-corrected chi connectivity index (χ4v) is 2.30. The smallest absolute Gasteiger partial charge is 0.258 e. The van der Waals surface area contributed by atoms with Gasteiger partial charge in [0.15, 0.2) is 0 Å². The number of aromatic nitrogens is 2. The number of para-hydroxylation sites is 1. The zero-order valence-corrected chi connectivity index (χ0v) is 14.0. The standard InChI is InChI=1S/C18H14ClFN4O/c1-11-13(19)5-4-8-15(11)23-17(25)12-9-21-18(22-10-12)24-16-7-3-2-6-14(16)20/h2-10H,1H3,(H,23,25)(H,21,22,24). The molecule has 0 aliphatic rings. The maximum absolute atomic E-state index is 13.6. The molecule has 0 spiro atoms. The first kappa shape index (κ1) is 16.9. The van der Waals surface area contributed by atoms with Crippen LogP contribution in [-0.2, 0) is 0 Å². The van der Waals surface area contributed by atoms with Crippen LogP contribution in [0.5, 0.6) is 0 Å². The lowest BCUT2D eigenvalue weighted by molar-refractivity contribution is 0.102. The van der Waals surface area contributed by atoms with E-state index < -0.39 is 5.82 Å². The van der Waals surface area contributed by atoms with Crippen molar-refractivity contribution in [2.75, 3.05) is 10.6 Å². The van der Waals surface area contributed by atoms with Gasteiger partial charge in [-0.3, -0.25) is 4.79 Å². The van der Waals surface area contributed by atoms with Gasteiger partial charge in [0.25, 0.3) is 5.91 Å². The van der Waals surface area contributed by atoms with Crippen LogP contribution in [0.4, 0.5) is 21.7 Å². The van der Waals surface area contributed by atoms with Crippen LogP contribution in [0, 0.1) is 12.7 Å². The summed E-state index contributed by atoms with van der Waals surface area (Å²) < 4.78 is 13.6. The van der Waals surface area contributed by atoms with E-state index in [0.29, 0.717) is 10.7 Å². The zero-order valence-electron chi connectivity index (χ0n) is 13.3. The van der Waals surface area contributed by atoms with Gasteiger partial charge >= 0.3 is 0 Å². The molecule has 0 unspecified atom stereocenters. The quantitative estimate of drug-likeness (QED) is 0.718. The Morgan fingerprint density at radius 2 is 1.72 bits per heavy atom. The number of carbonyl (C=O) groups is 1. The summed E-state index contributed by atoms with van der Waals surface area (Å²) in [7, 11) is 0. The number of anilines is 3. The predicted octanol–water partition coefficient (Wildman–Crippen LogP) is 4.57. The van der Waals surface area contributed by atoms with Crippen LogP contribution >= 0.6 is 11.6 Å². The summed E-state index contributed by atoms with van der Waals surface area (Å²) in [5, 5.41) is 6.09. The zero-order chi connectivity index (χ0) is 17.8. The molecule has 25 heavy (non-hydrogen) atoms. The molecule has 0 saturated carbocycles. The molecule has 1 aromatic heterocycles.